The summed E-state index contributed by atoms with van der Waals surface area (Å²) in [6.07, 6.45) is -32.5. The molecule has 9 fully saturated rings. The van der Waals surface area contributed by atoms with Crippen LogP contribution in [0.1, 0.15) is 85.5 Å². The molecule has 6 saturated heterocycles. The predicted octanol–water partition coefficient (Wildman–Crippen LogP) is -5.57. The van der Waals surface area contributed by atoms with E-state index in [2.05, 4.69) is 26.8 Å². The first-order chi connectivity index (χ1) is 39.8. The lowest BCUT2D eigenvalue weighted by Crippen LogP contribution is -2.68. The Kier molecular flexibility index (Phi) is 20.4. The molecule has 0 bridgehead atoms. The second kappa shape index (κ2) is 26.1. The summed E-state index contributed by atoms with van der Waals surface area (Å²) in [5, 5.41) is 182. The summed E-state index contributed by atoms with van der Waals surface area (Å²) in [4.78, 5) is 0. The molecule has 0 aromatic heterocycles. The molecular weight excluding hydrogens is 1120 g/mol. The van der Waals surface area contributed by atoms with Gasteiger partial charge in [0.15, 0.2) is 37.2 Å². The van der Waals surface area contributed by atoms with E-state index < -0.39 is 192 Å². The minimum absolute atomic E-state index is 0.0857. The van der Waals surface area contributed by atoms with Gasteiger partial charge in [0.2, 0.25) is 0 Å². The Bertz CT molecular complexity index is 2200. The van der Waals surface area contributed by atoms with Gasteiger partial charge in [0.1, 0.15) is 116 Å². The van der Waals surface area contributed by atoms with E-state index >= 15 is 0 Å². The normalized spacial score (nSPS) is 54.4. The maximum Gasteiger partial charge on any atom is 0.187 e. The topological polar surface area (TPSA) is 445 Å². The van der Waals surface area contributed by atoms with Crippen LogP contribution in [-0.4, -0.2) is 292 Å². The van der Waals surface area contributed by atoms with Gasteiger partial charge in [-0.2, -0.15) is 0 Å². The molecule has 0 amide bonds. The predicted molar refractivity (Wildman–Crippen MR) is 278 cm³/mol. The molecule has 6 aliphatic heterocycles. The molecule has 10 rings (SSSR count). The lowest BCUT2D eigenvalue weighted by atomic mass is 9.47. The summed E-state index contributed by atoms with van der Waals surface area (Å²) >= 11 is 0. The number of hydrogen-bond donors (Lipinski definition) is 17. The monoisotopic (exact) mass is 1210 g/mol. The molecule has 35 atom stereocenters. The first kappa shape index (κ1) is 65.6. The van der Waals surface area contributed by atoms with Crippen LogP contribution < -0.4 is 0 Å². The molecule has 17 N–H and O–H groups in total. The molecule has 484 valence electrons. The third kappa shape index (κ3) is 12.0. The number of allylic oxidation sites excluding steroid dienone is 1. The molecule has 10 aliphatic rings. The van der Waals surface area contributed by atoms with Gasteiger partial charge in [-0.1, -0.05) is 39.3 Å². The molecule has 0 aromatic carbocycles. The van der Waals surface area contributed by atoms with Gasteiger partial charge in [-0.15, -0.1) is 0 Å². The van der Waals surface area contributed by atoms with Gasteiger partial charge < -0.3 is 139 Å². The molecule has 28 heteroatoms. The molecule has 6 heterocycles. The van der Waals surface area contributed by atoms with Crippen molar-refractivity contribution in [3.8, 4) is 0 Å². The molecule has 0 unspecified atom stereocenters. The van der Waals surface area contributed by atoms with Gasteiger partial charge >= 0.3 is 0 Å². The van der Waals surface area contributed by atoms with Gasteiger partial charge in [0, 0.05) is 12.3 Å². The van der Waals surface area contributed by atoms with Gasteiger partial charge in [-0.05, 0) is 91.8 Å². The van der Waals surface area contributed by atoms with Crippen molar-refractivity contribution in [3.05, 3.63) is 11.6 Å². The van der Waals surface area contributed by atoms with E-state index in [4.69, 9.17) is 52.1 Å². The Morgan fingerprint density at radius 2 is 1.14 bits per heavy atom. The van der Waals surface area contributed by atoms with Crippen molar-refractivity contribution in [2.45, 2.75) is 251 Å². The van der Waals surface area contributed by atoms with E-state index in [0.29, 0.717) is 43.4 Å². The fourth-order valence-corrected chi connectivity index (χ4v) is 16.2. The summed E-state index contributed by atoms with van der Waals surface area (Å²) in [5.41, 5.74) is 0.974. The van der Waals surface area contributed by atoms with Crippen molar-refractivity contribution in [2.24, 2.45) is 46.3 Å². The van der Waals surface area contributed by atoms with Gasteiger partial charge in [0.05, 0.1) is 51.8 Å². The van der Waals surface area contributed by atoms with E-state index in [1.54, 1.807) is 0 Å². The fraction of sp³-hybridized carbons (Fsp3) is 0.964. The second-order valence-electron chi connectivity index (χ2n) is 26.2. The van der Waals surface area contributed by atoms with E-state index in [0.717, 1.165) is 32.1 Å². The van der Waals surface area contributed by atoms with Crippen molar-refractivity contribution in [3.63, 3.8) is 0 Å². The average molecular weight is 1210 g/mol. The Labute approximate surface area is 486 Å². The molecule has 3 saturated carbocycles. The number of aliphatic hydroxyl groups is 17. The van der Waals surface area contributed by atoms with E-state index in [-0.39, 0.29) is 41.3 Å². The summed E-state index contributed by atoms with van der Waals surface area (Å²) in [7, 11) is 0. The fourth-order valence-electron chi connectivity index (χ4n) is 16.2. The zero-order valence-electron chi connectivity index (χ0n) is 47.8. The smallest absolute Gasteiger partial charge is 0.187 e. The summed E-state index contributed by atoms with van der Waals surface area (Å²) in [5.74, 6) is -0.410. The first-order valence-corrected chi connectivity index (χ1v) is 30.0. The maximum absolute atomic E-state index is 12.1. The highest BCUT2D eigenvalue weighted by atomic mass is 16.8. The number of hydrogen-bond acceptors (Lipinski definition) is 28. The maximum atomic E-state index is 12.1. The highest BCUT2D eigenvalue weighted by Crippen LogP contribution is 2.70. The number of ether oxygens (including phenoxy) is 11. The molecule has 84 heavy (non-hydrogen) atoms. The zero-order chi connectivity index (χ0) is 60.6. The molecule has 0 aromatic rings. The van der Waals surface area contributed by atoms with Crippen molar-refractivity contribution < 1.29 is 139 Å². The minimum Gasteiger partial charge on any atom is -0.394 e. The third-order valence-electron chi connectivity index (χ3n) is 21.3. The van der Waals surface area contributed by atoms with Crippen LogP contribution in [0.2, 0.25) is 0 Å². The largest absolute Gasteiger partial charge is 0.394 e. The van der Waals surface area contributed by atoms with Crippen LogP contribution in [0.5, 0.6) is 0 Å². The molecule has 0 radical (unpaired) electrons. The van der Waals surface area contributed by atoms with Gasteiger partial charge in [0.25, 0.3) is 0 Å². The van der Waals surface area contributed by atoms with Crippen molar-refractivity contribution in [1.82, 2.24) is 0 Å². The van der Waals surface area contributed by atoms with Crippen LogP contribution in [-0.2, 0) is 52.1 Å². The van der Waals surface area contributed by atoms with Crippen LogP contribution in [0.4, 0.5) is 0 Å². The van der Waals surface area contributed by atoms with Crippen LogP contribution >= 0.6 is 0 Å². The first-order valence-electron chi connectivity index (χ1n) is 30.0. The Hall–Kier alpha value is -1.38. The third-order valence-corrected chi connectivity index (χ3v) is 21.3. The summed E-state index contributed by atoms with van der Waals surface area (Å²) in [6, 6.07) is 0. The SMILES string of the molecule is C[C@@H](CC[C@@]1(O)O[C@@H]2C[C@@H]3[C@@H]4CC=C5C[C@@H](O[C@@H]6O[C@H](CO)[C@H](O[C@@H]7O[C@H](CO)[C@@H](O)[C@H](O[C@@H]8OC[C@@H](O)[C@H](O)[C@H]8O)[C@H]7O[C@@H]7O[C@H](CO)[C@@H](O)[C@H](O)[C@H]7O)[C@H](O)[C@H]6O)CC[C@]5(C)[C@@H]4CC[C@]3(C)[C@H]2[C@@H]1C)CO[C@@H]1O[C@H](CO)[C@@H](O)[C@H](O)[C@H]1O. The minimum atomic E-state index is -2.03. The molecule has 0 spiro atoms. The quantitative estimate of drug-likeness (QED) is 0.0569. The van der Waals surface area contributed by atoms with Crippen LogP contribution in [0.15, 0.2) is 11.6 Å². The highest BCUT2D eigenvalue weighted by Gasteiger charge is 2.68. The lowest BCUT2D eigenvalue weighted by Gasteiger charge is -2.58. The number of aliphatic hydroxyl groups excluding tert-OH is 16. The zero-order valence-corrected chi connectivity index (χ0v) is 47.8. The van der Waals surface area contributed by atoms with Crippen LogP contribution in [0.3, 0.4) is 0 Å². The standard InChI is InChI=1S/C56H92O28/c1-21(19-74-49-43(70)39(66)36(63)30(15-57)77-49)7-12-56(73)22(2)34-29(84-56)14-27-25-6-5-23-13-24(8-10-54(23,3)26(25)9-11-55(27,34)4)76-51-45(72)41(68)46(33(18-60)80-51)81-53-48(83-52-44(71)40(67)37(64)31(16-58)78-52)47(38(65)32(17-59)79-53)82-50-42(69)35(62)28(61)20-75-50/h5,21-22,24-53,57-73H,6-20H2,1-4H3/t21-,22-,24-,25+,26+,27+,28+,29+,30+,31+,32+,33+,34-,35-,36+,37+,38+,39-,40-,41+,42+,43+,44+,45+,46-,47-,48+,49+,50-,51+,52-,53-,54-,55-,56+/m0/s1. The van der Waals surface area contributed by atoms with E-state index in [1.807, 2.05) is 6.92 Å². The summed E-state index contributed by atoms with van der Waals surface area (Å²) < 4.78 is 65.8. The second-order valence-corrected chi connectivity index (χ2v) is 26.2. The van der Waals surface area contributed by atoms with Gasteiger partial charge in [-0.3, -0.25) is 0 Å². The highest BCUT2D eigenvalue weighted by molar-refractivity contribution is 5.26. The van der Waals surface area contributed by atoms with Crippen molar-refractivity contribution in [2.75, 3.05) is 39.6 Å². The molecule has 4 aliphatic carbocycles. The van der Waals surface area contributed by atoms with E-state index in [1.165, 1.54) is 5.57 Å². The molecular formula is C56H92O28. The lowest BCUT2D eigenvalue weighted by molar-refractivity contribution is -0.403. The number of rotatable bonds is 18. The van der Waals surface area contributed by atoms with E-state index in [9.17, 15) is 86.8 Å². The van der Waals surface area contributed by atoms with Crippen LogP contribution in [0, 0.1) is 46.3 Å². The summed E-state index contributed by atoms with van der Waals surface area (Å²) in [6.45, 7) is 5.17. The Morgan fingerprint density at radius 3 is 1.81 bits per heavy atom. The number of fused-ring (bicyclic) bond motifs is 7. The molecule has 28 nitrogen and oxygen atoms in total. The Balaban J connectivity index is 0.772. The average Bonchev–Trinajstić information content (AvgIpc) is 2.08. The van der Waals surface area contributed by atoms with Gasteiger partial charge in [-0.25, -0.2) is 0 Å². The Morgan fingerprint density at radius 1 is 0.583 bits per heavy atom. The van der Waals surface area contributed by atoms with Crippen molar-refractivity contribution >= 4 is 0 Å². The van der Waals surface area contributed by atoms with Crippen molar-refractivity contribution in [1.29, 1.82) is 0 Å². The van der Waals surface area contributed by atoms with Crippen LogP contribution in [0.25, 0.3) is 0 Å².